The van der Waals surface area contributed by atoms with Crippen LogP contribution in [-0.4, -0.2) is 34.8 Å². The Hall–Kier alpha value is -1.56. The van der Waals surface area contributed by atoms with Crippen LogP contribution in [0, 0.1) is 0 Å². The molecule has 0 radical (unpaired) electrons. The predicted molar refractivity (Wildman–Crippen MR) is 63.9 cm³/mol. The lowest BCUT2D eigenvalue weighted by Crippen LogP contribution is -2.24. The first-order chi connectivity index (χ1) is 8.60. The highest BCUT2D eigenvalue weighted by atomic mass is 19.3. The molecule has 1 aromatic carbocycles. The summed E-state index contributed by atoms with van der Waals surface area (Å²) in [6.45, 7) is 0. The largest absolute Gasteiger partial charge is 0.493 e. The maximum absolute atomic E-state index is 12.9. The lowest BCUT2D eigenvalue weighted by molar-refractivity contribution is 0.101. The highest BCUT2D eigenvalue weighted by Gasteiger charge is 2.27. The van der Waals surface area contributed by atoms with Crippen LogP contribution in [0.25, 0.3) is 0 Å². The standard InChI is InChI=1S/C12H17F2NO3/c1-15-9(12(13)14)7-5-6-8(16-2)11(18-4)10(7)17-3/h5-6,9,12,15H,1-4H3. The van der Waals surface area contributed by atoms with E-state index in [0.717, 1.165) is 0 Å². The van der Waals surface area contributed by atoms with Gasteiger partial charge < -0.3 is 19.5 Å². The van der Waals surface area contributed by atoms with Crippen molar-refractivity contribution in [3.63, 3.8) is 0 Å². The number of nitrogens with one attached hydrogen (secondary N) is 1. The summed E-state index contributed by atoms with van der Waals surface area (Å²) in [7, 11) is 5.77. The Morgan fingerprint density at radius 3 is 2.00 bits per heavy atom. The topological polar surface area (TPSA) is 39.7 Å². The lowest BCUT2D eigenvalue weighted by atomic mass is 10.0. The molecule has 0 saturated carbocycles. The summed E-state index contributed by atoms with van der Waals surface area (Å²) in [5.41, 5.74) is 0.327. The normalized spacial score (nSPS) is 12.4. The van der Waals surface area contributed by atoms with E-state index in [1.807, 2.05) is 0 Å². The smallest absolute Gasteiger partial charge is 0.257 e. The van der Waals surface area contributed by atoms with Gasteiger partial charge in [-0.3, -0.25) is 0 Å². The first kappa shape index (κ1) is 14.5. The summed E-state index contributed by atoms with van der Waals surface area (Å²) in [4.78, 5) is 0. The fourth-order valence-electron chi connectivity index (χ4n) is 1.79. The van der Waals surface area contributed by atoms with Gasteiger partial charge in [0.05, 0.1) is 27.4 Å². The molecule has 1 N–H and O–H groups in total. The van der Waals surface area contributed by atoms with Gasteiger partial charge >= 0.3 is 0 Å². The van der Waals surface area contributed by atoms with Crippen LogP contribution in [0.2, 0.25) is 0 Å². The second-order valence-corrected chi connectivity index (χ2v) is 3.52. The van der Waals surface area contributed by atoms with Gasteiger partial charge in [0.1, 0.15) is 0 Å². The Labute approximate surface area is 105 Å². The zero-order valence-corrected chi connectivity index (χ0v) is 10.8. The summed E-state index contributed by atoms with van der Waals surface area (Å²) in [5.74, 6) is 0.983. The van der Waals surface area contributed by atoms with Crippen LogP contribution in [0.3, 0.4) is 0 Å². The van der Waals surface area contributed by atoms with Crippen molar-refractivity contribution >= 4 is 0 Å². The summed E-state index contributed by atoms with van der Waals surface area (Å²) >= 11 is 0. The minimum atomic E-state index is -2.55. The molecule has 0 aromatic heterocycles. The number of rotatable bonds is 6. The molecule has 0 fully saturated rings. The zero-order chi connectivity index (χ0) is 13.7. The first-order valence-corrected chi connectivity index (χ1v) is 5.34. The molecule has 0 bridgehead atoms. The first-order valence-electron chi connectivity index (χ1n) is 5.34. The average molecular weight is 261 g/mol. The summed E-state index contributed by atoms with van der Waals surface area (Å²) in [6, 6.07) is 1.98. The Kier molecular flexibility index (Phi) is 5.15. The van der Waals surface area contributed by atoms with E-state index in [9.17, 15) is 8.78 Å². The minimum Gasteiger partial charge on any atom is -0.493 e. The van der Waals surface area contributed by atoms with Crippen molar-refractivity contribution in [3.8, 4) is 17.2 Å². The maximum atomic E-state index is 12.9. The van der Waals surface area contributed by atoms with Gasteiger partial charge in [0.15, 0.2) is 11.5 Å². The predicted octanol–water partition coefficient (Wildman–Crippen LogP) is 2.24. The highest BCUT2D eigenvalue weighted by Crippen LogP contribution is 2.42. The molecule has 0 saturated heterocycles. The third-order valence-corrected chi connectivity index (χ3v) is 2.63. The van der Waals surface area contributed by atoms with Crippen LogP contribution >= 0.6 is 0 Å². The van der Waals surface area contributed by atoms with Gasteiger partial charge in [-0.05, 0) is 19.2 Å². The van der Waals surface area contributed by atoms with Crippen LogP contribution in [0.15, 0.2) is 12.1 Å². The molecule has 1 atom stereocenters. The second-order valence-electron chi connectivity index (χ2n) is 3.52. The van der Waals surface area contributed by atoms with Crippen molar-refractivity contribution in [3.05, 3.63) is 17.7 Å². The molecule has 1 rings (SSSR count). The van der Waals surface area contributed by atoms with Crippen LogP contribution in [0.5, 0.6) is 17.2 Å². The van der Waals surface area contributed by atoms with E-state index in [1.165, 1.54) is 34.4 Å². The molecule has 18 heavy (non-hydrogen) atoms. The second kappa shape index (κ2) is 6.39. The summed E-state index contributed by atoms with van der Waals surface area (Å²) < 4.78 is 41.3. The lowest BCUT2D eigenvalue weighted by Gasteiger charge is -2.21. The molecule has 4 nitrogen and oxygen atoms in total. The van der Waals surface area contributed by atoms with E-state index in [2.05, 4.69) is 5.32 Å². The molecule has 1 aromatic rings. The van der Waals surface area contributed by atoms with Gasteiger partial charge in [-0.25, -0.2) is 8.78 Å². The van der Waals surface area contributed by atoms with Crippen molar-refractivity contribution in [2.75, 3.05) is 28.4 Å². The molecular weight excluding hydrogens is 244 g/mol. The van der Waals surface area contributed by atoms with E-state index < -0.39 is 12.5 Å². The number of benzene rings is 1. The number of hydrogen-bond donors (Lipinski definition) is 1. The molecule has 0 amide bonds. The average Bonchev–Trinajstić information content (AvgIpc) is 2.38. The van der Waals surface area contributed by atoms with E-state index in [0.29, 0.717) is 17.1 Å². The Morgan fingerprint density at radius 1 is 1.00 bits per heavy atom. The van der Waals surface area contributed by atoms with Crippen LogP contribution in [-0.2, 0) is 0 Å². The maximum Gasteiger partial charge on any atom is 0.257 e. The van der Waals surface area contributed by atoms with Crippen molar-refractivity contribution in [1.29, 1.82) is 0 Å². The molecule has 0 heterocycles. The number of methoxy groups -OCH3 is 3. The van der Waals surface area contributed by atoms with Crippen molar-refractivity contribution in [2.24, 2.45) is 0 Å². The van der Waals surface area contributed by atoms with Crippen LogP contribution in [0.4, 0.5) is 8.78 Å². The third kappa shape index (κ3) is 2.64. The van der Waals surface area contributed by atoms with Gasteiger partial charge in [-0.1, -0.05) is 0 Å². The fraction of sp³-hybridized carbons (Fsp3) is 0.500. The van der Waals surface area contributed by atoms with Crippen molar-refractivity contribution in [2.45, 2.75) is 12.5 Å². The monoisotopic (exact) mass is 261 g/mol. The molecular formula is C12H17F2NO3. The summed E-state index contributed by atoms with van der Waals surface area (Å²) in [5, 5.41) is 2.55. The van der Waals surface area contributed by atoms with E-state index in [-0.39, 0.29) is 5.75 Å². The van der Waals surface area contributed by atoms with Crippen LogP contribution in [0.1, 0.15) is 11.6 Å². The number of halogens is 2. The van der Waals surface area contributed by atoms with Gasteiger partial charge in [0.2, 0.25) is 5.75 Å². The van der Waals surface area contributed by atoms with E-state index >= 15 is 0 Å². The van der Waals surface area contributed by atoms with Crippen molar-refractivity contribution in [1.82, 2.24) is 5.32 Å². The Bertz CT molecular complexity index is 399. The van der Waals surface area contributed by atoms with Crippen molar-refractivity contribution < 1.29 is 23.0 Å². The molecule has 0 aliphatic carbocycles. The SMILES string of the molecule is CNC(c1ccc(OC)c(OC)c1OC)C(F)F. The quantitative estimate of drug-likeness (QED) is 0.852. The number of ether oxygens (including phenoxy) is 3. The highest BCUT2D eigenvalue weighted by molar-refractivity contribution is 5.56. The van der Waals surface area contributed by atoms with Crippen LogP contribution < -0.4 is 19.5 Å². The molecule has 0 aliphatic heterocycles. The van der Waals surface area contributed by atoms with Gasteiger partial charge in [-0.15, -0.1) is 0 Å². The summed E-state index contributed by atoms with van der Waals surface area (Å²) in [6.07, 6.45) is -2.55. The minimum absolute atomic E-state index is 0.247. The van der Waals surface area contributed by atoms with E-state index in [1.54, 1.807) is 6.07 Å². The third-order valence-electron chi connectivity index (χ3n) is 2.63. The number of alkyl halides is 2. The van der Waals surface area contributed by atoms with Gasteiger partial charge in [0.25, 0.3) is 6.43 Å². The Balaban J connectivity index is 3.36. The molecule has 102 valence electrons. The molecule has 0 aliphatic rings. The fourth-order valence-corrected chi connectivity index (χ4v) is 1.79. The molecule has 1 unspecified atom stereocenters. The van der Waals surface area contributed by atoms with Gasteiger partial charge in [-0.2, -0.15) is 0 Å². The molecule has 6 heteroatoms. The van der Waals surface area contributed by atoms with Gasteiger partial charge in [0, 0.05) is 5.56 Å². The van der Waals surface area contributed by atoms with E-state index in [4.69, 9.17) is 14.2 Å². The zero-order valence-electron chi connectivity index (χ0n) is 10.8. The molecule has 0 spiro atoms. The Morgan fingerprint density at radius 2 is 1.61 bits per heavy atom. The number of hydrogen-bond acceptors (Lipinski definition) is 4.